The van der Waals surface area contributed by atoms with Crippen LogP contribution in [0.2, 0.25) is 0 Å². The van der Waals surface area contributed by atoms with Gasteiger partial charge in [-0.1, -0.05) is 25.1 Å². The number of hydrogen-bond donors (Lipinski definition) is 1. The van der Waals surface area contributed by atoms with Crippen molar-refractivity contribution in [2.75, 3.05) is 7.11 Å². The minimum atomic E-state index is -0.543. The predicted molar refractivity (Wildman–Crippen MR) is 107 cm³/mol. The predicted octanol–water partition coefficient (Wildman–Crippen LogP) is 4.61. The van der Waals surface area contributed by atoms with E-state index in [4.69, 9.17) is 9.47 Å². The highest BCUT2D eigenvalue weighted by Gasteiger charge is 2.20. The second-order valence-electron chi connectivity index (χ2n) is 7.14. The van der Waals surface area contributed by atoms with Crippen molar-refractivity contribution in [3.63, 3.8) is 0 Å². The minimum absolute atomic E-state index is 0.0435. The Balaban J connectivity index is 1.62. The summed E-state index contributed by atoms with van der Waals surface area (Å²) in [7, 11) is 1.65. The number of fused-ring (bicyclic) bond motifs is 1. The molecule has 2 atom stereocenters. The molecule has 0 unspecified atom stereocenters. The van der Waals surface area contributed by atoms with Crippen LogP contribution in [0, 0.1) is 0 Å². The van der Waals surface area contributed by atoms with Crippen molar-refractivity contribution in [1.82, 2.24) is 5.32 Å². The summed E-state index contributed by atoms with van der Waals surface area (Å²) in [5.74, 6) is 1.48. The minimum Gasteiger partial charge on any atom is -0.497 e. The van der Waals surface area contributed by atoms with Crippen LogP contribution in [0.5, 0.6) is 11.5 Å². The molecule has 0 radical (unpaired) electrons. The fraction of sp³-hybridized carbons (Fsp3) is 0.435. The van der Waals surface area contributed by atoms with E-state index in [0.29, 0.717) is 0 Å². The first-order valence-corrected chi connectivity index (χ1v) is 9.83. The number of methoxy groups -OCH3 is 1. The Bertz CT molecular complexity index is 770. The number of carbonyl (C=O) groups is 1. The van der Waals surface area contributed by atoms with Crippen molar-refractivity contribution in [1.29, 1.82) is 0 Å². The van der Waals surface area contributed by atoms with Gasteiger partial charge >= 0.3 is 0 Å². The summed E-state index contributed by atoms with van der Waals surface area (Å²) < 4.78 is 11.1. The van der Waals surface area contributed by atoms with Gasteiger partial charge < -0.3 is 14.8 Å². The lowest BCUT2D eigenvalue weighted by molar-refractivity contribution is -0.128. The van der Waals surface area contributed by atoms with Gasteiger partial charge in [-0.15, -0.1) is 0 Å². The van der Waals surface area contributed by atoms with E-state index in [1.807, 2.05) is 30.3 Å². The Kier molecular flexibility index (Phi) is 6.38. The van der Waals surface area contributed by atoms with Gasteiger partial charge in [0.1, 0.15) is 11.5 Å². The fourth-order valence-corrected chi connectivity index (χ4v) is 3.59. The third-order valence-corrected chi connectivity index (χ3v) is 5.24. The highest BCUT2D eigenvalue weighted by molar-refractivity contribution is 5.81. The molecule has 144 valence electrons. The third-order valence-electron chi connectivity index (χ3n) is 5.24. The molecule has 0 fully saturated rings. The molecule has 0 aromatic heterocycles. The van der Waals surface area contributed by atoms with Crippen LogP contribution >= 0.6 is 0 Å². The summed E-state index contributed by atoms with van der Waals surface area (Å²) >= 11 is 0. The van der Waals surface area contributed by atoms with Gasteiger partial charge in [0.2, 0.25) is 0 Å². The molecule has 1 aliphatic carbocycles. The smallest absolute Gasteiger partial charge is 0.261 e. The van der Waals surface area contributed by atoms with Gasteiger partial charge in [0.05, 0.1) is 13.2 Å². The maximum atomic E-state index is 12.6. The normalized spacial score (nSPS) is 15.4. The molecule has 2 aromatic carbocycles. The van der Waals surface area contributed by atoms with Crippen LogP contribution in [0.25, 0.3) is 0 Å². The van der Waals surface area contributed by atoms with E-state index in [0.717, 1.165) is 36.3 Å². The number of amides is 1. The summed E-state index contributed by atoms with van der Waals surface area (Å²) in [4.78, 5) is 12.6. The van der Waals surface area contributed by atoms with E-state index in [9.17, 15) is 4.79 Å². The van der Waals surface area contributed by atoms with E-state index in [2.05, 4.69) is 24.4 Å². The molecule has 0 aliphatic heterocycles. The molecule has 4 heteroatoms. The topological polar surface area (TPSA) is 47.6 Å². The molecule has 0 bridgehead atoms. The maximum Gasteiger partial charge on any atom is 0.261 e. The van der Waals surface area contributed by atoms with Gasteiger partial charge in [0, 0.05) is 0 Å². The average molecular weight is 367 g/mol. The first-order chi connectivity index (χ1) is 13.1. The van der Waals surface area contributed by atoms with Gasteiger partial charge in [-0.3, -0.25) is 4.79 Å². The van der Waals surface area contributed by atoms with Crippen LogP contribution in [-0.2, 0) is 17.6 Å². The highest BCUT2D eigenvalue weighted by Crippen LogP contribution is 2.26. The zero-order valence-electron chi connectivity index (χ0n) is 16.5. The summed E-state index contributed by atoms with van der Waals surface area (Å²) in [6.45, 7) is 3.86. The Hall–Kier alpha value is -2.49. The first-order valence-electron chi connectivity index (χ1n) is 9.83. The van der Waals surface area contributed by atoms with Crippen LogP contribution in [0.4, 0.5) is 0 Å². The van der Waals surface area contributed by atoms with Gasteiger partial charge in [-0.25, -0.2) is 0 Å². The molecule has 27 heavy (non-hydrogen) atoms. The molecule has 1 N–H and O–H groups in total. The number of benzene rings is 2. The quantitative estimate of drug-likeness (QED) is 0.777. The molecule has 4 nitrogen and oxygen atoms in total. The Morgan fingerprint density at radius 2 is 1.70 bits per heavy atom. The third kappa shape index (κ3) is 4.82. The molecule has 3 rings (SSSR count). The molecular formula is C23H29NO3. The van der Waals surface area contributed by atoms with Crippen LogP contribution in [0.1, 0.15) is 55.8 Å². The molecule has 2 aromatic rings. The van der Waals surface area contributed by atoms with Crippen LogP contribution in [0.15, 0.2) is 42.5 Å². The van der Waals surface area contributed by atoms with E-state index in [1.165, 1.54) is 24.0 Å². The van der Waals surface area contributed by atoms with Gasteiger partial charge in [0.25, 0.3) is 5.91 Å². The second kappa shape index (κ2) is 8.94. The van der Waals surface area contributed by atoms with E-state index in [1.54, 1.807) is 14.0 Å². The van der Waals surface area contributed by atoms with E-state index < -0.39 is 6.10 Å². The fourth-order valence-electron chi connectivity index (χ4n) is 3.59. The van der Waals surface area contributed by atoms with Crippen LogP contribution < -0.4 is 14.8 Å². The lowest BCUT2D eigenvalue weighted by Crippen LogP contribution is -2.38. The van der Waals surface area contributed by atoms with Crippen molar-refractivity contribution in [2.24, 2.45) is 0 Å². The summed E-state index contributed by atoms with van der Waals surface area (Å²) in [5, 5.41) is 3.10. The lowest BCUT2D eigenvalue weighted by Gasteiger charge is -2.22. The summed E-state index contributed by atoms with van der Waals surface area (Å²) in [6.07, 6.45) is 5.00. The van der Waals surface area contributed by atoms with Gasteiger partial charge in [-0.05, 0) is 80.0 Å². The first kappa shape index (κ1) is 19.3. The van der Waals surface area contributed by atoms with Crippen molar-refractivity contribution in [3.05, 3.63) is 59.2 Å². The van der Waals surface area contributed by atoms with Crippen LogP contribution in [-0.4, -0.2) is 19.1 Å². The number of ether oxygens (including phenoxy) is 2. The molecule has 1 aliphatic rings. The van der Waals surface area contributed by atoms with Crippen LogP contribution in [0.3, 0.4) is 0 Å². The maximum absolute atomic E-state index is 12.6. The number of carbonyl (C=O) groups excluding carboxylic acids is 1. The number of nitrogens with one attached hydrogen (secondary N) is 1. The van der Waals surface area contributed by atoms with Crippen molar-refractivity contribution in [3.8, 4) is 11.5 Å². The SMILES string of the molecule is CC[C@H](NC(=O)[C@H](C)Oc1ccc2c(c1)CCCC2)c1ccc(OC)cc1. The van der Waals surface area contributed by atoms with Crippen molar-refractivity contribution < 1.29 is 14.3 Å². The molecular weight excluding hydrogens is 338 g/mol. The molecule has 1 amide bonds. The van der Waals surface area contributed by atoms with E-state index in [-0.39, 0.29) is 11.9 Å². The van der Waals surface area contributed by atoms with Gasteiger partial charge in [0.15, 0.2) is 6.10 Å². The van der Waals surface area contributed by atoms with Crippen molar-refractivity contribution >= 4 is 5.91 Å². The Morgan fingerprint density at radius 3 is 2.37 bits per heavy atom. The molecule has 0 saturated carbocycles. The summed E-state index contributed by atoms with van der Waals surface area (Å²) in [6, 6.07) is 14.0. The van der Waals surface area contributed by atoms with E-state index >= 15 is 0 Å². The summed E-state index contributed by atoms with van der Waals surface area (Å²) in [5.41, 5.74) is 3.83. The standard InChI is InChI=1S/C23H29NO3/c1-4-22(18-10-12-20(26-3)13-11-18)24-23(25)16(2)27-21-14-9-17-7-5-6-8-19(17)15-21/h9-16,22H,4-8H2,1-3H3,(H,24,25)/t16-,22-/m0/s1. The number of hydrogen-bond acceptors (Lipinski definition) is 3. The molecule has 0 heterocycles. The number of rotatable bonds is 7. The van der Waals surface area contributed by atoms with Gasteiger partial charge in [-0.2, -0.15) is 0 Å². The zero-order valence-corrected chi connectivity index (χ0v) is 16.5. The Labute approximate surface area is 161 Å². The molecule has 0 saturated heterocycles. The largest absolute Gasteiger partial charge is 0.497 e. The Morgan fingerprint density at radius 1 is 1.04 bits per heavy atom. The number of aryl methyl sites for hydroxylation is 2. The highest BCUT2D eigenvalue weighted by atomic mass is 16.5. The van der Waals surface area contributed by atoms with Crippen molar-refractivity contribution in [2.45, 2.75) is 58.1 Å². The monoisotopic (exact) mass is 367 g/mol. The second-order valence-corrected chi connectivity index (χ2v) is 7.14. The zero-order chi connectivity index (χ0) is 19.2. The molecule has 0 spiro atoms. The lowest BCUT2D eigenvalue weighted by atomic mass is 9.92. The average Bonchev–Trinajstić information content (AvgIpc) is 2.71.